The first kappa shape index (κ1) is 17.2. The van der Waals surface area contributed by atoms with E-state index in [4.69, 9.17) is 0 Å². The van der Waals surface area contributed by atoms with Crippen LogP contribution in [0.25, 0.3) is 0 Å². The standard InChI is InChI=1S/C15H16F4N2O2/c16-11-5-3-10(4-6-11)12-2-1-7-21(12)14(23)8-13(22)20-9-15(17,18)19/h3-6,12H,1-2,7-9H2,(H,20,22)/t12-/m0/s1. The fourth-order valence-corrected chi connectivity index (χ4v) is 2.60. The summed E-state index contributed by atoms with van der Waals surface area (Å²) in [6.07, 6.45) is -3.75. The minimum atomic E-state index is -4.51. The summed E-state index contributed by atoms with van der Waals surface area (Å²) in [4.78, 5) is 25.0. The first-order chi connectivity index (χ1) is 10.8. The number of carbonyl (C=O) groups is 2. The molecule has 0 spiro atoms. The second-order valence-electron chi connectivity index (χ2n) is 5.37. The van der Waals surface area contributed by atoms with E-state index in [9.17, 15) is 27.2 Å². The summed E-state index contributed by atoms with van der Waals surface area (Å²) in [6, 6.07) is 5.42. The summed E-state index contributed by atoms with van der Waals surface area (Å²) >= 11 is 0. The van der Waals surface area contributed by atoms with Crippen LogP contribution in [0.5, 0.6) is 0 Å². The van der Waals surface area contributed by atoms with Crippen LogP contribution in [0.4, 0.5) is 17.6 Å². The van der Waals surface area contributed by atoms with Gasteiger partial charge in [-0.1, -0.05) is 12.1 Å². The molecule has 0 aliphatic carbocycles. The van der Waals surface area contributed by atoms with E-state index in [1.807, 2.05) is 0 Å². The number of rotatable bonds is 4. The highest BCUT2D eigenvalue weighted by Gasteiger charge is 2.32. The lowest BCUT2D eigenvalue weighted by molar-refractivity contribution is -0.143. The smallest absolute Gasteiger partial charge is 0.347 e. The Labute approximate surface area is 130 Å². The zero-order valence-corrected chi connectivity index (χ0v) is 12.2. The third-order valence-electron chi connectivity index (χ3n) is 3.63. The van der Waals surface area contributed by atoms with Crippen LogP contribution < -0.4 is 5.32 Å². The van der Waals surface area contributed by atoms with Crippen molar-refractivity contribution in [2.24, 2.45) is 0 Å². The SMILES string of the molecule is O=C(CC(=O)N1CCC[C@H]1c1ccc(F)cc1)NCC(F)(F)F. The second-order valence-corrected chi connectivity index (χ2v) is 5.37. The molecule has 1 saturated heterocycles. The van der Waals surface area contributed by atoms with Gasteiger partial charge in [0.15, 0.2) is 0 Å². The van der Waals surface area contributed by atoms with E-state index in [0.29, 0.717) is 13.0 Å². The first-order valence-corrected chi connectivity index (χ1v) is 7.14. The molecular weight excluding hydrogens is 316 g/mol. The third kappa shape index (κ3) is 4.94. The molecule has 0 radical (unpaired) electrons. The first-order valence-electron chi connectivity index (χ1n) is 7.14. The molecule has 0 bridgehead atoms. The Morgan fingerprint density at radius 1 is 1.22 bits per heavy atom. The molecule has 1 heterocycles. The lowest BCUT2D eigenvalue weighted by atomic mass is 10.0. The van der Waals surface area contributed by atoms with Crippen molar-refractivity contribution in [3.8, 4) is 0 Å². The van der Waals surface area contributed by atoms with Crippen molar-refractivity contribution in [3.05, 3.63) is 35.6 Å². The number of likely N-dealkylation sites (tertiary alicyclic amines) is 1. The minimum absolute atomic E-state index is 0.279. The molecule has 0 aromatic heterocycles. The fourth-order valence-electron chi connectivity index (χ4n) is 2.60. The molecule has 23 heavy (non-hydrogen) atoms. The monoisotopic (exact) mass is 332 g/mol. The number of halogens is 4. The van der Waals surface area contributed by atoms with Crippen LogP contribution in [-0.4, -0.2) is 36.0 Å². The van der Waals surface area contributed by atoms with Gasteiger partial charge in [-0.15, -0.1) is 0 Å². The van der Waals surface area contributed by atoms with Crippen LogP contribution in [0.3, 0.4) is 0 Å². The molecule has 1 aromatic carbocycles. The average molecular weight is 332 g/mol. The number of alkyl halides is 3. The van der Waals surface area contributed by atoms with Crippen molar-refractivity contribution in [1.82, 2.24) is 10.2 Å². The Hall–Kier alpha value is -2.12. The predicted molar refractivity (Wildman–Crippen MR) is 73.8 cm³/mol. The Balaban J connectivity index is 1.95. The molecule has 1 fully saturated rings. The van der Waals surface area contributed by atoms with Crippen LogP contribution in [0.1, 0.15) is 30.9 Å². The molecule has 0 unspecified atom stereocenters. The van der Waals surface area contributed by atoms with Crippen LogP contribution in [-0.2, 0) is 9.59 Å². The van der Waals surface area contributed by atoms with Crippen LogP contribution >= 0.6 is 0 Å². The van der Waals surface area contributed by atoms with Gasteiger partial charge in [0.25, 0.3) is 0 Å². The van der Waals surface area contributed by atoms with Crippen molar-refractivity contribution in [2.45, 2.75) is 31.5 Å². The van der Waals surface area contributed by atoms with E-state index < -0.39 is 36.8 Å². The number of hydrogen-bond donors (Lipinski definition) is 1. The van der Waals surface area contributed by atoms with Gasteiger partial charge in [-0.3, -0.25) is 9.59 Å². The van der Waals surface area contributed by atoms with Crippen molar-refractivity contribution in [2.75, 3.05) is 13.1 Å². The minimum Gasteiger partial charge on any atom is -0.347 e. The molecule has 2 amide bonds. The average Bonchev–Trinajstić information content (AvgIpc) is 2.95. The zero-order chi connectivity index (χ0) is 17.0. The van der Waals surface area contributed by atoms with Crippen LogP contribution in [0.15, 0.2) is 24.3 Å². The molecule has 1 aromatic rings. The molecule has 2 rings (SSSR count). The van der Waals surface area contributed by atoms with Crippen molar-refractivity contribution in [1.29, 1.82) is 0 Å². The van der Waals surface area contributed by atoms with Crippen molar-refractivity contribution < 1.29 is 27.2 Å². The maximum Gasteiger partial charge on any atom is 0.405 e. The Morgan fingerprint density at radius 3 is 2.48 bits per heavy atom. The topological polar surface area (TPSA) is 49.4 Å². The number of carbonyl (C=O) groups excluding carboxylic acids is 2. The zero-order valence-electron chi connectivity index (χ0n) is 12.2. The third-order valence-corrected chi connectivity index (χ3v) is 3.63. The number of benzene rings is 1. The van der Waals surface area contributed by atoms with E-state index >= 15 is 0 Å². The number of hydrogen-bond acceptors (Lipinski definition) is 2. The van der Waals surface area contributed by atoms with Crippen molar-refractivity contribution >= 4 is 11.8 Å². The fraction of sp³-hybridized carbons (Fsp3) is 0.467. The van der Waals surface area contributed by atoms with Gasteiger partial charge in [-0.05, 0) is 30.5 Å². The normalized spacial score (nSPS) is 18.1. The van der Waals surface area contributed by atoms with E-state index in [2.05, 4.69) is 0 Å². The Kier molecular flexibility index (Phi) is 5.23. The molecule has 8 heteroatoms. The van der Waals surface area contributed by atoms with Gasteiger partial charge < -0.3 is 10.2 Å². The van der Waals surface area contributed by atoms with Crippen LogP contribution in [0, 0.1) is 5.82 Å². The molecule has 0 saturated carbocycles. The number of nitrogens with zero attached hydrogens (tertiary/aromatic N) is 1. The quantitative estimate of drug-likeness (QED) is 0.680. The molecule has 126 valence electrons. The lowest BCUT2D eigenvalue weighted by Gasteiger charge is -2.25. The molecule has 1 aliphatic rings. The number of nitrogens with one attached hydrogen (secondary N) is 1. The summed E-state index contributed by atoms with van der Waals surface area (Å²) in [6.45, 7) is -1.03. The Morgan fingerprint density at radius 2 is 1.87 bits per heavy atom. The van der Waals surface area contributed by atoms with Crippen molar-refractivity contribution in [3.63, 3.8) is 0 Å². The molecule has 1 N–H and O–H groups in total. The van der Waals surface area contributed by atoms with Gasteiger partial charge in [-0.25, -0.2) is 4.39 Å². The molecular formula is C15H16F4N2O2. The van der Waals surface area contributed by atoms with E-state index in [0.717, 1.165) is 12.0 Å². The molecule has 1 aliphatic heterocycles. The maximum atomic E-state index is 13.0. The summed E-state index contributed by atoms with van der Waals surface area (Å²) in [5.41, 5.74) is 0.743. The van der Waals surface area contributed by atoms with Gasteiger partial charge in [0.1, 0.15) is 18.8 Å². The Bertz CT molecular complexity index is 572. The van der Waals surface area contributed by atoms with E-state index in [1.165, 1.54) is 17.0 Å². The largest absolute Gasteiger partial charge is 0.405 e. The summed E-state index contributed by atoms with van der Waals surface area (Å²) in [5, 5.41) is 1.68. The highest BCUT2D eigenvalue weighted by Crippen LogP contribution is 2.32. The summed E-state index contributed by atoms with van der Waals surface area (Å²) in [7, 11) is 0. The second kappa shape index (κ2) is 6.97. The number of amides is 2. The molecule has 1 atom stereocenters. The van der Waals surface area contributed by atoms with E-state index in [1.54, 1.807) is 17.4 Å². The highest BCUT2D eigenvalue weighted by atomic mass is 19.4. The predicted octanol–water partition coefficient (Wildman–Crippen LogP) is 2.56. The lowest BCUT2D eigenvalue weighted by Crippen LogP contribution is -2.38. The van der Waals surface area contributed by atoms with Gasteiger partial charge in [0, 0.05) is 6.54 Å². The summed E-state index contributed by atoms with van der Waals surface area (Å²) < 4.78 is 49.0. The molecule has 4 nitrogen and oxygen atoms in total. The van der Waals surface area contributed by atoms with Gasteiger partial charge in [0.05, 0.1) is 6.04 Å². The highest BCUT2D eigenvalue weighted by molar-refractivity contribution is 5.97. The van der Waals surface area contributed by atoms with Crippen LogP contribution in [0.2, 0.25) is 0 Å². The van der Waals surface area contributed by atoms with Gasteiger partial charge in [-0.2, -0.15) is 13.2 Å². The van der Waals surface area contributed by atoms with E-state index in [-0.39, 0.29) is 6.04 Å². The van der Waals surface area contributed by atoms with Gasteiger partial charge >= 0.3 is 6.18 Å². The summed E-state index contributed by atoms with van der Waals surface area (Å²) in [5.74, 6) is -1.88. The van der Waals surface area contributed by atoms with Gasteiger partial charge in [0.2, 0.25) is 11.8 Å². The maximum absolute atomic E-state index is 13.0.